The Balaban J connectivity index is 2.31. The maximum absolute atomic E-state index is 5.83. The summed E-state index contributed by atoms with van der Waals surface area (Å²) in [6.45, 7) is 8.96. The molecule has 1 aliphatic heterocycles. The molecule has 0 spiro atoms. The standard InChI is InChI=1S/C10H22N4/c1-3-4-5-13-6-8-14(9-7-13)10(2,11)12/h3-4H,5-9,11-12H2,1-2H3/b4-3+. The molecule has 0 saturated carbocycles. The van der Waals surface area contributed by atoms with E-state index in [-0.39, 0.29) is 0 Å². The summed E-state index contributed by atoms with van der Waals surface area (Å²) in [6.07, 6.45) is 4.27. The summed E-state index contributed by atoms with van der Waals surface area (Å²) < 4.78 is 0. The zero-order valence-corrected chi connectivity index (χ0v) is 9.24. The van der Waals surface area contributed by atoms with Crippen molar-refractivity contribution >= 4 is 0 Å². The van der Waals surface area contributed by atoms with E-state index in [9.17, 15) is 0 Å². The SMILES string of the molecule is C/C=C/CN1CCN(C(C)(N)N)CC1. The molecule has 4 N–H and O–H groups in total. The average molecular weight is 198 g/mol. The van der Waals surface area contributed by atoms with E-state index in [2.05, 4.69) is 22.0 Å². The fourth-order valence-corrected chi connectivity index (χ4v) is 1.67. The minimum absolute atomic E-state index is 0.660. The van der Waals surface area contributed by atoms with Gasteiger partial charge in [0.25, 0.3) is 0 Å². The van der Waals surface area contributed by atoms with Crippen LogP contribution in [0.3, 0.4) is 0 Å². The fourth-order valence-electron chi connectivity index (χ4n) is 1.67. The molecule has 0 unspecified atom stereocenters. The summed E-state index contributed by atoms with van der Waals surface area (Å²) in [7, 11) is 0. The van der Waals surface area contributed by atoms with Crippen LogP contribution in [0.5, 0.6) is 0 Å². The smallest absolute Gasteiger partial charge is 0.118 e. The lowest BCUT2D eigenvalue weighted by molar-refractivity contribution is 0.0533. The Morgan fingerprint density at radius 3 is 2.21 bits per heavy atom. The van der Waals surface area contributed by atoms with E-state index in [0.29, 0.717) is 0 Å². The molecule has 4 heteroatoms. The fraction of sp³-hybridized carbons (Fsp3) is 0.800. The first-order valence-corrected chi connectivity index (χ1v) is 5.20. The summed E-state index contributed by atoms with van der Waals surface area (Å²) in [6, 6.07) is 0. The van der Waals surface area contributed by atoms with Gasteiger partial charge in [-0.05, 0) is 13.8 Å². The normalized spacial score (nSPS) is 22.0. The van der Waals surface area contributed by atoms with Crippen LogP contribution in [-0.2, 0) is 0 Å². The first-order chi connectivity index (χ1) is 6.54. The molecule has 1 saturated heterocycles. The molecule has 0 bridgehead atoms. The first kappa shape index (κ1) is 11.7. The van der Waals surface area contributed by atoms with Crippen molar-refractivity contribution in [3.8, 4) is 0 Å². The van der Waals surface area contributed by atoms with Crippen LogP contribution in [0, 0.1) is 0 Å². The highest BCUT2D eigenvalue weighted by atomic mass is 15.4. The Morgan fingerprint density at radius 2 is 1.79 bits per heavy atom. The zero-order valence-electron chi connectivity index (χ0n) is 9.24. The van der Waals surface area contributed by atoms with Crippen molar-refractivity contribution in [2.75, 3.05) is 32.7 Å². The molecule has 14 heavy (non-hydrogen) atoms. The van der Waals surface area contributed by atoms with Crippen molar-refractivity contribution in [3.63, 3.8) is 0 Å². The molecule has 82 valence electrons. The van der Waals surface area contributed by atoms with Crippen LogP contribution in [0.25, 0.3) is 0 Å². The quantitative estimate of drug-likeness (QED) is 0.486. The lowest BCUT2D eigenvalue weighted by Crippen LogP contribution is -2.65. The Kier molecular flexibility index (Phi) is 4.07. The van der Waals surface area contributed by atoms with Crippen molar-refractivity contribution in [2.24, 2.45) is 11.5 Å². The van der Waals surface area contributed by atoms with E-state index < -0.39 is 5.79 Å². The topological polar surface area (TPSA) is 58.5 Å². The third-order valence-electron chi connectivity index (χ3n) is 2.65. The van der Waals surface area contributed by atoms with Gasteiger partial charge in [-0.25, -0.2) is 0 Å². The van der Waals surface area contributed by atoms with Gasteiger partial charge in [0.2, 0.25) is 0 Å². The highest BCUT2D eigenvalue weighted by Crippen LogP contribution is 2.07. The largest absolute Gasteiger partial charge is 0.301 e. The third-order valence-corrected chi connectivity index (χ3v) is 2.65. The maximum Gasteiger partial charge on any atom is 0.118 e. The van der Waals surface area contributed by atoms with E-state index >= 15 is 0 Å². The van der Waals surface area contributed by atoms with Gasteiger partial charge in [0, 0.05) is 32.7 Å². The van der Waals surface area contributed by atoms with Gasteiger partial charge in [0.1, 0.15) is 5.79 Å². The second kappa shape index (κ2) is 4.89. The molecule has 1 heterocycles. The van der Waals surface area contributed by atoms with E-state index in [1.165, 1.54) is 0 Å². The molecule has 4 nitrogen and oxygen atoms in total. The van der Waals surface area contributed by atoms with E-state index in [1.807, 2.05) is 13.8 Å². The van der Waals surface area contributed by atoms with E-state index in [4.69, 9.17) is 11.5 Å². The number of nitrogens with zero attached hydrogens (tertiary/aromatic N) is 2. The predicted molar refractivity (Wildman–Crippen MR) is 59.6 cm³/mol. The van der Waals surface area contributed by atoms with Crippen LogP contribution >= 0.6 is 0 Å². The van der Waals surface area contributed by atoms with E-state index in [0.717, 1.165) is 32.7 Å². The summed E-state index contributed by atoms with van der Waals surface area (Å²) in [5, 5.41) is 0. The Hall–Kier alpha value is -0.420. The monoisotopic (exact) mass is 198 g/mol. The molecule has 1 rings (SSSR count). The Bertz CT molecular complexity index is 187. The van der Waals surface area contributed by atoms with Crippen molar-refractivity contribution in [1.29, 1.82) is 0 Å². The van der Waals surface area contributed by atoms with Gasteiger partial charge < -0.3 is 11.5 Å². The number of hydrogen-bond donors (Lipinski definition) is 2. The number of allylic oxidation sites excluding steroid dienone is 1. The van der Waals surface area contributed by atoms with Crippen molar-refractivity contribution < 1.29 is 0 Å². The predicted octanol–water partition coefficient (Wildman–Crippen LogP) is -0.229. The zero-order chi connectivity index (χ0) is 10.6. The average Bonchev–Trinajstić information content (AvgIpc) is 2.14. The van der Waals surface area contributed by atoms with Crippen LogP contribution in [0.15, 0.2) is 12.2 Å². The van der Waals surface area contributed by atoms with Gasteiger partial charge in [-0.1, -0.05) is 12.2 Å². The molecule has 0 aromatic heterocycles. The summed E-state index contributed by atoms with van der Waals surface area (Å²) in [5.74, 6) is -0.660. The van der Waals surface area contributed by atoms with Gasteiger partial charge in [0.05, 0.1) is 0 Å². The van der Waals surface area contributed by atoms with Crippen LogP contribution in [0.1, 0.15) is 13.8 Å². The molecule has 1 fully saturated rings. The maximum atomic E-state index is 5.83. The molecule has 0 radical (unpaired) electrons. The Labute approximate surface area is 86.5 Å². The molecule has 0 aromatic rings. The third kappa shape index (κ3) is 3.38. The van der Waals surface area contributed by atoms with Crippen LogP contribution in [0.4, 0.5) is 0 Å². The molecular formula is C10H22N4. The molecule has 0 atom stereocenters. The lowest BCUT2D eigenvalue weighted by atomic mass is 10.2. The van der Waals surface area contributed by atoms with Crippen molar-refractivity contribution in [2.45, 2.75) is 19.6 Å². The first-order valence-electron chi connectivity index (χ1n) is 5.20. The molecule has 0 amide bonds. The van der Waals surface area contributed by atoms with Gasteiger partial charge in [-0.15, -0.1) is 0 Å². The van der Waals surface area contributed by atoms with Crippen molar-refractivity contribution in [3.05, 3.63) is 12.2 Å². The number of piperazine rings is 1. The molecule has 0 aromatic carbocycles. The minimum Gasteiger partial charge on any atom is -0.301 e. The van der Waals surface area contributed by atoms with Gasteiger partial charge in [0.15, 0.2) is 0 Å². The van der Waals surface area contributed by atoms with Crippen LogP contribution in [0.2, 0.25) is 0 Å². The number of rotatable bonds is 3. The second-order valence-electron chi connectivity index (χ2n) is 4.08. The van der Waals surface area contributed by atoms with E-state index in [1.54, 1.807) is 0 Å². The van der Waals surface area contributed by atoms with Crippen molar-refractivity contribution in [1.82, 2.24) is 9.80 Å². The van der Waals surface area contributed by atoms with Crippen LogP contribution in [-0.4, -0.2) is 48.3 Å². The highest BCUT2D eigenvalue weighted by molar-refractivity contribution is 4.85. The molecule has 0 aliphatic carbocycles. The number of nitrogens with two attached hydrogens (primary N) is 2. The number of hydrogen-bond acceptors (Lipinski definition) is 4. The van der Waals surface area contributed by atoms with Crippen LogP contribution < -0.4 is 11.5 Å². The highest BCUT2D eigenvalue weighted by Gasteiger charge is 2.25. The summed E-state index contributed by atoms with van der Waals surface area (Å²) in [5.41, 5.74) is 11.7. The Morgan fingerprint density at radius 1 is 1.21 bits per heavy atom. The lowest BCUT2D eigenvalue weighted by Gasteiger charge is -2.41. The molecule has 1 aliphatic rings. The van der Waals surface area contributed by atoms with Gasteiger partial charge in [-0.3, -0.25) is 9.80 Å². The second-order valence-corrected chi connectivity index (χ2v) is 4.08. The molecular weight excluding hydrogens is 176 g/mol. The minimum atomic E-state index is -0.660. The van der Waals surface area contributed by atoms with Gasteiger partial charge >= 0.3 is 0 Å². The summed E-state index contributed by atoms with van der Waals surface area (Å²) in [4.78, 5) is 4.53. The summed E-state index contributed by atoms with van der Waals surface area (Å²) >= 11 is 0. The van der Waals surface area contributed by atoms with Gasteiger partial charge in [-0.2, -0.15) is 0 Å².